The van der Waals surface area contributed by atoms with E-state index in [1.54, 1.807) is 0 Å². The lowest BCUT2D eigenvalue weighted by atomic mass is 10.2. The van der Waals surface area contributed by atoms with Crippen molar-refractivity contribution in [1.29, 1.82) is 0 Å². The SMILES string of the molecule is C1CC[N+]2=C(C1)NCC2. The van der Waals surface area contributed by atoms with E-state index in [0.29, 0.717) is 0 Å². The molecule has 0 saturated heterocycles. The second kappa shape index (κ2) is 2.01. The van der Waals surface area contributed by atoms with Gasteiger partial charge in [-0.25, -0.2) is 0 Å². The Hall–Kier alpha value is -0.530. The molecule has 2 aliphatic heterocycles. The molecule has 0 unspecified atom stereocenters. The van der Waals surface area contributed by atoms with Crippen molar-refractivity contribution < 1.29 is 4.58 Å². The molecule has 1 N–H and O–H groups in total. The number of rotatable bonds is 0. The summed E-state index contributed by atoms with van der Waals surface area (Å²) in [7, 11) is 0. The Bertz CT molecular complexity index is 133. The third-order valence-electron chi connectivity index (χ3n) is 2.18. The van der Waals surface area contributed by atoms with Crippen LogP contribution in [0.2, 0.25) is 0 Å². The summed E-state index contributed by atoms with van der Waals surface area (Å²) in [6.07, 6.45) is 4.07. The summed E-state index contributed by atoms with van der Waals surface area (Å²) >= 11 is 0. The lowest BCUT2D eigenvalue weighted by Crippen LogP contribution is -2.26. The third-order valence-corrected chi connectivity index (χ3v) is 2.18. The first-order valence-corrected chi connectivity index (χ1v) is 3.81. The fourth-order valence-electron chi connectivity index (χ4n) is 1.67. The van der Waals surface area contributed by atoms with Gasteiger partial charge < -0.3 is 0 Å². The quantitative estimate of drug-likeness (QED) is 0.456. The second-order valence-corrected chi connectivity index (χ2v) is 2.82. The smallest absolute Gasteiger partial charge is 0.244 e. The van der Waals surface area contributed by atoms with E-state index in [-0.39, 0.29) is 0 Å². The molecule has 2 heteroatoms. The van der Waals surface area contributed by atoms with Gasteiger partial charge >= 0.3 is 0 Å². The van der Waals surface area contributed by atoms with E-state index in [9.17, 15) is 0 Å². The molecule has 0 aromatic carbocycles. The van der Waals surface area contributed by atoms with Crippen molar-refractivity contribution >= 4 is 5.84 Å². The van der Waals surface area contributed by atoms with Crippen LogP contribution >= 0.6 is 0 Å². The molecule has 0 fully saturated rings. The zero-order chi connectivity index (χ0) is 6.10. The van der Waals surface area contributed by atoms with E-state index in [2.05, 4.69) is 9.89 Å². The summed E-state index contributed by atoms with van der Waals surface area (Å²) in [6.45, 7) is 3.72. The number of amidine groups is 1. The number of nitrogens with zero attached hydrogens (tertiary/aromatic N) is 1. The molecule has 2 aliphatic rings. The van der Waals surface area contributed by atoms with Gasteiger partial charge in [-0.2, -0.15) is 0 Å². The number of hydrogen-bond acceptors (Lipinski definition) is 1. The molecule has 0 aromatic rings. The van der Waals surface area contributed by atoms with Crippen molar-refractivity contribution in [2.75, 3.05) is 19.6 Å². The number of hydrogen-bond donors (Lipinski definition) is 1. The second-order valence-electron chi connectivity index (χ2n) is 2.82. The van der Waals surface area contributed by atoms with Gasteiger partial charge in [0.1, 0.15) is 13.1 Å². The highest BCUT2D eigenvalue weighted by Crippen LogP contribution is 2.06. The van der Waals surface area contributed by atoms with Crippen LogP contribution < -0.4 is 5.32 Å². The molecule has 0 atom stereocenters. The van der Waals surface area contributed by atoms with Gasteiger partial charge in [-0.05, 0) is 12.8 Å². The Morgan fingerprint density at radius 3 is 3.11 bits per heavy atom. The van der Waals surface area contributed by atoms with Crippen LogP contribution in [0.25, 0.3) is 0 Å². The van der Waals surface area contributed by atoms with Gasteiger partial charge in [0.15, 0.2) is 0 Å². The van der Waals surface area contributed by atoms with Crippen LogP contribution in [0.5, 0.6) is 0 Å². The van der Waals surface area contributed by atoms with E-state index in [4.69, 9.17) is 0 Å². The van der Waals surface area contributed by atoms with Crippen LogP contribution in [-0.2, 0) is 0 Å². The average Bonchev–Trinajstić information content (AvgIpc) is 2.33. The molecule has 0 bridgehead atoms. The zero-order valence-corrected chi connectivity index (χ0v) is 5.69. The largest absolute Gasteiger partial charge is 0.274 e. The highest BCUT2D eigenvalue weighted by atomic mass is 15.2. The Balaban J connectivity index is 2.17. The van der Waals surface area contributed by atoms with Gasteiger partial charge in [0.25, 0.3) is 0 Å². The summed E-state index contributed by atoms with van der Waals surface area (Å²) in [4.78, 5) is 0. The summed E-state index contributed by atoms with van der Waals surface area (Å²) in [5.41, 5.74) is 0. The predicted octanol–water partition coefficient (Wildman–Crippen LogP) is 0.184. The third kappa shape index (κ3) is 0.824. The van der Waals surface area contributed by atoms with Gasteiger partial charge in [0.2, 0.25) is 5.84 Å². The van der Waals surface area contributed by atoms with E-state index >= 15 is 0 Å². The van der Waals surface area contributed by atoms with E-state index < -0.39 is 0 Å². The van der Waals surface area contributed by atoms with Crippen LogP contribution in [0.4, 0.5) is 0 Å². The highest BCUT2D eigenvalue weighted by Gasteiger charge is 2.22. The van der Waals surface area contributed by atoms with Gasteiger partial charge in [-0.3, -0.25) is 9.89 Å². The Kier molecular flexibility index (Phi) is 1.18. The van der Waals surface area contributed by atoms with Gasteiger partial charge in [-0.15, -0.1) is 0 Å². The van der Waals surface area contributed by atoms with Crippen LogP contribution in [-0.4, -0.2) is 30.0 Å². The van der Waals surface area contributed by atoms with Crippen LogP contribution in [0.15, 0.2) is 0 Å². The minimum atomic E-state index is 1.18. The van der Waals surface area contributed by atoms with E-state index in [1.807, 2.05) is 0 Å². The van der Waals surface area contributed by atoms with Crippen LogP contribution in [0.3, 0.4) is 0 Å². The lowest BCUT2D eigenvalue weighted by Gasteiger charge is -2.08. The molecule has 0 aliphatic carbocycles. The fourth-order valence-corrected chi connectivity index (χ4v) is 1.67. The first kappa shape index (κ1) is 5.27. The Morgan fingerprint density at radius 2 is 2.22 bits per heavy atom. The van der Waals surface area contributed by atoms with Crippen molar-refractivity contribution in [3.8, 4) is 0 Å². The molecule has 0 saturated carbocycles. The summed E-state index contributed by atoms with van der Waals surface area (Å²) in [6, 6.07) is 0. The maximum absolute atomic E-state index is 3.40. The van der Waals surface area contributed by atoms with Gasteiger partial charge in [-0.1, -0.05) is 0 Å². The van der Waals surface area contributed by atoms with Crippen molar-refractivity contribution in [2.45, 2.75) is 19.3 Å². The number of nitrogens with one attached hydrogen (secondary N) is 1. The fraction of sp³-hybridized carbons (Fsp3) is 0.857. The molecular weight excluding hydrogens is 112 g/mol. The normalized spacial score (nSPS) is 25.8. The predicted molar refractivity (Wildman–Crippen MR) is 36.9 cm³/mol. The first-order valence-electron chi connectivity index (χ1n) is 3.81. The summed E-state index contributed by atoms with van der Waals surface area (Å²) in [5, 5.41) is 3.40. The maximum atomic E-state index is 3.40. The zero-order valence-electron chi connectivity index (χ0n) is 5.69. The molecule has 2 rings (SSSR count). The molecular formula is C7H13N2+. The molecule has 2 nitrogen and oxygen atoms in total. The van der Waals surface area contributed by atoms with Crippen molar-refractivity contribution in [3.63, 3.8) is 0 Å². The summed E-state index contributed by atoms with van der Waals surface area (Å²) < 4.78 is 2.48. The van der Waals surface area contributed by atoms with Crippen LogP contribution in [0.1, 0.15) is 19.3 Å². The van der Waals surface area contributed by atoms with Gasteiger partial charge in [0.05, 0.1) is 6.54 Å². The average molecular weight is 125 g/mol. The molecule has 9 heavy (non-hydrogen) atoms. The standard InChI is InChI=1S/C7H12N2/c1-2-5-9-6-4-8-7(9)3-1/h1-6H2/p+1. The van der Waals surface area contributed by atoms with Crippen molar-refractivity contribution in [3.05, 3.63) is 0 Å². The topological polar surface area (TPSA) is 15.0 Å². The van der Waals surface area contributed by atoms with E-state index in [1.165, 1.54) is 44.7 Å². The molecule has 50 valence electrons. The Labute approximate surface area is 55.6 Å². The minimum absolute atomic E-state index is 1.18. The van der Waals surface area contributed by atoms with Crippen LogP contribution in [0, 0.1) is 0 Å². The summed E-state index contributed by atoms with van der Waals surface area (Å²) in [5.74, 6) is 1.50. The molecule has 2 heterocycles. The lowest BCUT2D eigenvalue weighted by molar-refractivity contribution is -0.523. The van der Waals surface area contributed by atoms with Crippen molar-refractivity contribution in [2.24, 2.45) is 0 Å². The Morgan fingerprint density at radius 1 is 1.22 bits per heavy atom. The van der Waals surface area contributed by atoms with E-state index in [0.717, 1.165) is 0 Å². The molecule has 0 amide bonds. The molecule has 0 radical (unpaired) electrons. The minimum Gasteiger partial charge on any atom is -0.274 e. The molecule has 0 spiro atoms. The van der Waals surface area contributed by atoms with Gasteiger partial charge in [0, 0.05) is 6.42 Å². The monoisotopic (exact) mass is 125 g/mol. The highest BCUT2D eigenvalue weighted by molar-refractivity contribution is 5.78. The first-order chi connectivity index (χ1) is 4.47. The molecule has 0 aromatic heterocycles. The maximum Gasteiger partial charge on any atom is 0.244 e. The van der Waals surface area contributed by atoms with Crippen molar-refractivity contribution in [1.82, 2.24) is 5.32 Å².